The van der Waals surface area contributed by atoms with E-state index in [9.17, 15) is 19.7 Å². The summed E-state index contributed by atoms with van der Waals surface area (Å²) in [6.45, 7) is 5.12. The van der Waals surface area contributed by atoms with Crippen LogP contribution >= 0.6 is 0 Å². The fraction of sp³-hybridized carbons (Fsp3) is 0.250. The molecule has 1 aromatic heterocycles. The van der Waals surface area contributed by atoms with E-state index in [1.165, 1.54) is 13.0 Å². The zero-order chi connectivity index (χ0) is 16.4. The van der Waals surface area contributed by atoms with Gasteiger partial charge in [0.15, 0.2) is 5.78 Å². The van der Waals surface area contributed by atoms with Crippen molar-refractivity contribution in [2.75, 3.05) is 0 Å². The van der Waals surface area contributed by atoms with E-state index >= 15 is 0 Å². The molecule has 0 bridgehead atoms. The van der Waals surface area contributed by atoms with Gasteiger partial charge in [0.1, 0.15) is 0 Å². The third-order valence-corrected chi connectivity index (χ3v) is 3.60. The molecule has 0 fully saturated rings. The molecule has 0 amide bonds. The molecule has 0 aliphatic heterocycles. The average Bonchev–Trinajstić information content (AvgIpc) is 2.46. The van der Waals surface area contributed by atoms with Crippen LogP contribution in [0.15, 0.2) is 35.3 Å². The van der Waals surface area contributed by atoms with Gasteiger partial charge in [-0.1, -0.05) is 12.1 Å². The Morgan fingerprint density at radius 2 is 1.82 bits per heavy atom. The number of rotatable bonds is 4. The van der Waals surface area contributed by atoms with E-state index in [1.807, 2.05) is 19.9 Å². The van der Waals surface area contributed by atoms with E-state index < -0.39 is 10.5 Å². The highest BCUT2D eigenvalue weighted by Gasteiger charge is 2.14. The van der Waals surface area contributed by atoms with Crippen molar-refractivity contribution in [1.29, 1.82) is 0 Å². The van der Waals surface area contributed by atoms with E-state index in [0.29, 0.717) is 5.56 Å². The van der Waals surface area contributed by atoms with Crippen LogP contribution in [-0.2, 0) is 6.54 Å². The first-order chi connectivity index (χ1) is 10.3. The zero-order valence-corrected chi connectivity index (χ0v) is 12.6. The molecule has 0 unspecified atom stereocenters. The van der Waals surface area contributed by atoms with Crippen molar-refractivity contribution in [2.24, 2.45) is 0 Å². The molecule has 2 aromatic rings. The molecular formula is C16H16N2O4. The van der Waals surface area contributed by atoms with Crippen LogP contribution in [0.3, 0.4) is 0 Å². The Bertz CT molecular complexity index is 821. The summed E-state index contributed by atoms with van der Waals surface area (Å²) in [5.74, 6) is -0.259. The fourth-order valence-corrected chi connectivity index (χ4v) is 2.14. The molecular weight excluding hydrogens is 284 g/mol. The normalized spacial score (nSPS) is 10.5. The minimum atomic E-state index is -0.580. The Morgan fingerprint density at radius 3 is 2.41 bits per heavy atom. The molecule has 0 radical (unpaired) electrons. The van der Waals surface area contributed by atoms with Gasteiger partial charge in [-0.3, -0.25) is 19.7 Å². The first-order valence-electron chi connectivity index (χ1n) is 6.75. The van der Waals surface area contributed by atoms with Gasteiger partial charge < -0.3 is 4.57 Å². The fourth-order valence-electron chi connectivity index (χ4n) is 2.14. The first-order valence-corrected chi connectivity index (χ1v) is 6.75. The van der Waals surface area contributed by atoms with Gasteiger partial charge in [0.25, 0.3) is 11.2 Å². The standard InChI is InChI=1S/C16H16N2O4/c1-10-4-5-13(6-11(10)2)15(19)9-17-8-14(18(21)22)7-12(3)16(17)20/h4-8H,9H2,1-3H3. The maximum absolute atomic E-state index is 12.3. The van der Waals surface area contributed by atoms with Gasteiger partial charge >= 0.3 is 0 Å². The monoisotopic (exact) mass is 300 g/mol. The van der Waals surface area contributed by atoms with Crippen molar-refractivity contribution in [3.8, 4) is 0 Å². The highest BCUT2D eigenvalue weighted by molar-refractivity contribution is 5.96. The SMILES string of the molecule is Cc1ccc(C(=O)Cn2cc([N+](=O)[O-])cc(C)c2=O)cc1C. The van der Waals surface area contributed by atoms with Crippen LogP contribution in [0, 0.1) is 30.9 Å². The molecule has 0 aliphatic carbocycles. The average molecular weight is 300 g/mol. The number of aryl methyl sites for hydroxylation is 3. The van der Waals surface area contributed by atoms with Crippen molar-refractivity contribution in [2.45, 2.75) is 27.3 Å². The second kappa shape index (κ2) is 5.93. The van der Waals surface area contributed by atoms with Gasteiger partial charge in [0, 0.05) is 17.2 Å². The first kappa shape index (κ1) is 15.6. The highest BCUT2D eigenvalue weighted by atomic mass is 16.6. The minimum Gasteiger partial charge on any atom is -0.301 e. The number of nitro groups is 1. The van der Waals surface area contributed by atoms with Crippen molar-refractivity contribution in [1.82, 2.24) is 4.57 Å². The number of carbonyl (C=O) groups excluding carboxylic acids is 1. The lowest BCUT2D eigenvalue weighted by atomic mass is 10.0. The number of ketones is 1. The Balaban J connectivity index is 2.37. The molecule has 6 heteroatoms. The number of aromatic nitrogens is 1. The second-order valence-electron chi connectivity index (χ2n) is 5.29. The molecule has 1 aromatic carbocycles. The summed E-state index contributed by atoms with van der Waals surface area (Å²) < 4.78 is 1.09. The smallest absolute Gasteiger partial charge is 0.286 e. The number of nitrogens with zero attached hydrogens (tertiary/aromatic N) is 2. The van der Waals surface area contributed by atoms with E-state index in [-0.39, 0.29) is 23.6 Å². The molecule has 0 spiro atoms. The number of benzene rings is 1. The predicted molar refractivity (Wildman–Crippen MR) is 82.3 cm³/mol. The van der Waals surface area contributed by atoms with E-state index in [1.54, 1.807) is 12.1 Å². The summed E-state index contributed by atoms with van der Waals surface area (Å²) in [5.41, 5.74) is 2.17. The van der Waals surface area contributed by atoms with E-state index in [0.717, 1.165) is 21.9 Å². The molecule has 0 saturated heterocycles. The van der Waals surface area contributed by atoms with Gasteiger partial charge in [-0.2, -0.15) is 0 Å². The Morgan fingerprint density at radius 1 is 1.14 bits per heavy atom. The summed E-state index contributed by atoms with van der Waals surface area (Å²) >= 11 is 0. The molecule has 2 rings (SSSR count). The van der Waals surface area contributed by atoms with Crippen molar-refractivity contribution >= 4 is 11.5 Å². The van der Waals surface area contributed by atoms with Crippen molar-refractivity contribution < 1.29 is 9.72 Å². The van der Waals surface area contributed by atoms with Crippen LogP contribution in [0.25, 0.3) is 0 Å². The molecule has 0 aliphatic rings. The van der Waals surface area contributed by atoms with Gasteiger partial charge in [-0.25, -0.2) is 0 Å². The van der Waals surface area contributed by atoms with Crippen LogP contribution in [0.5, 0.6) is 0 Å². The number of hydrogen-bond acceptors (Lipinski definition) is 4. The van der Waals surface area contributed by atoms with Crippen molar-refractivity contribution in [3.63, 3.8) is 0 Å². The summed E-state index contributed by atoms with van der Waals surface area (Å²) in [5, 5.41) is 10.9. The summed E-state index contributed by atoms with van der Waals surface area (Å²) in [6.07, 6.45) is 1.11. The molecule has 0 atom stereocenters. The van der Waals surface area contributed by atoms with Crippen LogP contribution in [0.4, 0.5) is 5.69 Å². The summed E-state index contributed by atoms with van der Waals surface area (Å²) in [7, 11) is 0. The molecule has 22 heavy (non-hydrogen) atoms. The molecule has 6 nitrogen and oxygen atoms in total. The van der Waals surface area contributed by atoms with Crippen LogP contribution < -0.4 is 5.56 Å². The summed E-state index contributed by atoms with van der Waals surface area (Å²) in [6, 6.07) is 6.50. The number of carbonyl (C=O) groups is 1. The summed E-state index contributed by atoms with van der Waals surface area (Å²) in [4.78, 5) is 34.6. The van der Waals surface area contributed by atoms with Gasteiger partial charge in [-0.05, 0) is 38.0 Å². The van der Waals surface area contributed by atoms with E-state index in [4.69, 9.17) is 0 Å². The zero-order valence-electron chi connectivity index (χ0n) is 12.6. The van der Waals surface area contributed by atoms with Gasteiger partial charge in [-0.15, -0.1) is 0 Å². The predicted octanol–water partition coefficient (Wildman–Crippen LogP) is 2.56. The van der Waals surface area contributed by atoms with Gasteiger partial charge in [0.05, 0.1) is 17.7 Å². The quantitative estimate of drug-likeness (QED) is 0.493. The van der Waals surface area contributed by atoms with Crippen LogP contribution in [0.1, 0.15) is 27.0 Å². The van der Waals surface area contributed by atoms with Crippen molar-refractivity contribution in [3.05, 3.63) is 73.2 Å². The largest absolute Gasteiger partial charge is 0.301 e. The number of pyridine rings is 1. The van der Waals surface area contributed by atoms with Crippen LogP contribution in [-0.4, -0.2) is 15.3 Å². The maximum Gasteiger partial charge on any atom is 0.286 e. The minimum absolute atomic E-state index is 0.204. The Labute approximate surface area is 127 Å². The molecule has 1 heterocycles. The lowest BCUT2D eigenvalue weighted by molar-refractivity contribution is -0.385. The molecule has 0 saturated carbocycles. The third-order valence-electron chi connectivity index (χ3n) is 3.60. The van der Waals surface area contributed by atoms with Crippen LogP contribution in [0.2, 0.25) is 0 Å². The highest BCUT2D eigenvalue weighted by Crippen LogP contribution is 2.13. The lowest BCUT2D eigenvalue weighted by Gasteiger charge is -2.08. The number of hydrogen-bond donors (Lipinski definition) is 0. The van der Waals surface area contributed by atoms with E-state index in [2.05, 4.69) is 0 Å². The third kappa shape index (κ3) is 3.11. The maximum atomic E-state index is 12.3. The lowest BCUT2D eigenvalue weighted by Crippen LogP contribution is -2.26. The molecule has 114 valence electrons. The second-order valence-corrected chi connectivity index (χ2v) is 5.29. The topological polar surface area (TPSA) is 82.2 Å². The number of Topliss-reactive ketones (excluding diaryl/α,β-unsaturated/α-hetero) is 1. The molecule has 0 N–H and O–H groups in total. The van der Waals surface area contributed by atoms with Gasteiger partial charge in [0.2, 0.25) is 0 Å². The Kier molecular flexibility index (Phi) is 4.21. The Hall–Kier alpha value is -2.76.